The quantitative estimate of drug-likeness (QED) is 0.834. The normalized spacial score (nSPS) is 26.9. The minimum Gasteiger partial charge on any atom is -0.480 e. The predicted octanol–water partition coefficient (Wildman–Crippen LogP) is 0.789. The second-order valence-corrected chi connectivity index (χ2v) is 5.17. The van der Waals surface area contributed by atoms with E-state index in [2.05, 4.69) is 15.4 Å². The predicted molar refractivity (Wildman–Crippen MR) is 51.7 cm³/mol. The third-order valence-electron chi connectivity index (χ3n) is 2.75. The Morgan fingerprint density at radius 3 is 2.29 bits per heavy atom. The standard InChI is InChI=1S/C9H12F2N4O2/c1-7(2,3)15-13-5(12-14-15)8(6(16)17)4-9(8,10)11/h4H2,1-3H3,(H,16,17). The van der Waals surface area contributed by atoms with Gasteiger partial charge in [-0.1, -0.05) is 0 Å². The third kappa shape index (κ3) is 1.50. The van der Waals surface area contributed by atoms with Gasteiger partial charge in [-0.2, -0.15) is 4.80 Å². The zero-order chi connectivity index (χ0) is 13.1. The topological polar surface area (TPSA) is 80.9 Å². The van der Waals surface area contributed by atoms with Crippen molar-refractivity contribution in [2.75, 3.05) is 0 Å². The maximum Gasteiger partial charge on any atom is 0.324 e. The Bertz CT molecular complexity index is 480. The molecule has 1 aliphatic rings. The van der Waals surface area contributed by atoms with Crippen molar-refractivity contribution in [3.8, 4) is 0 Å². The number of hydrogen-bond donors (Lipinski definition) is 1. The van der Waals surface area contributed by atoms with E-state index in [9.17, 15) is 13.6 Å². The van der Waals surface area contributed by atoms with Gasteiger partial charge in [-0.05, 0) is 26.0 Å². The van der Waals surface area contributed by atoms with Gasteiger partial charge < -0.3 is 5.11 Å². The molecule has 1 aliphatic carbocycles. The van der Waals surface area contributed by atoms with Gasteiger partial charge in [0.1, 0.15) is 0 Å². The summed E-state index contributed by atoms with van der Waals surface area (Å²) in [4.78, 5) is 12.1. The van der Waals surface area contributed by atoms with Crippen molar-refractivity contribution in [1.29, 1.82) is 0 Å². The number of aliphatic carboxylic acids is 1. The van der Waals surface area contributed by atoms with Crippen LogP contribution in [0.2, 0.25) is 0 Å². The summed E-state index contributed by atoms with van der Waals surface area (Å²) in [5, 5.41) is 19.7. The summed E-state index contributed by atoms with van der Waals surface area (Å²) >= 11 is 0. The molecule has 1 atom stereocenters. The Kier molecular flexibility index (Phi) is 2.09. The van der Waals surface area contributed by atoms with Gasteiger partial charge in [0, 0.05) is 6.42 Å². The van der Waals surface area contributed by atoms with Crippen molar-refractivity contribution in [3.63, 3.8) is 0 Å². The lowest BCUT2D eigenvalue weighted by molar-refractivity contribution is -0.143. The average molecular weight is 246 g/mol. The molecule has 1 aromatic rings. The molecule has 1 N–H and O–H groups in total. The molecule has 1 saturated carbocycles. The highest BCUT2D eigenvalue weighted by molar-refractivity contribution is 5.86. The number of carboxylic acid groups (broad SMARTS) is 1. The van der Waals surface area contributed by atoms with E-state index in [-0.39, 0.29) is 0 Å². The largest absolute Gasteiger partial charge is 0.480 e. The molecule has 0 aromatic carbocycles. The van der Waals surface area contributed by atoms with Crippen LogP contribution >= 0.6 is 0 Å². The van der Waals surface area contributed by atoms with Crippen molar-refractivity contribution in [1.82, 2.24) is 20.2 Å². The highest BCUT2D eigenvalue weighted by Gasteiger charge is 2.80. The van der Waals surface area contributed by atoms with Gasteiger partial charge in [-0.3, -0.25) is 4.79 Å². The number of alkyl halides is 2. The number of carboxylic acids is 1. The van der Waals surface area contributed by atoms with E-state index in [0.717, 1.165) is 4.80 Å². The minimum atomic E-state index is -3.30. The second-order valence-electron chi connectivity index (χ2n) is 5.17. The van der Waals surface area contributed by atoms with Crippen LogP contribution in [0.1, 0.15) is 33.0 Å². The lowest BCUT2D eigenvalue weighted by atomic mass is 10.1. The first-order chi connectivity index (χ1) is 7.61. The van der Waals surface area contributed by atoms with Crippen LogP contribution in [0.5, 0.6) is 0 Å². The first-order valence-corrected chi connectivity index (χ1v) is 5.03. The third-order valence-corrected chi connectivity index (χ3v) is 2.75. The molecule has 17 heavy (non-hydrogen) atoms. The summed E-state index contributed by atoms with van der Waals surface area (Å²) in [7, 11) is 0. The zero-order valence-corrected chi connectivity index (χ0v) is 9.61. The molecule has 2 rings (SSSR count). The molecule has 0 radical (unpaired) electrons. The number of aromatic nitrogens is 4. The van der Waals surface area contributed by atoms with E-state index in [0.29, 0.717) is 0 Å². The number of nitrogens with zero attached hydrogens (tertiary/aromatic N) is 4. The van der Waals surface area contributed by atoms with E-state index >= 15 is 0 Å². The molecule has 1 unspecified atom stereocenters. The maximum absolute atomic E-state index is 13.2. The molecule has 0 aliphatic heterocycles. The molecule has 94 valence electrons. The van der Waals surface area contributed by atoms with Gasteiger partial charge in [0.05, 0.1) is 5.54 Å². The molecule has 1 heterocycles. The van der Waals surface area contributed by atoms with E-state index in [1.807, 2.05) is 0 Å². The molecule has 0 spiro atoms. The van der Waals surface area contributed by atoms with Gasteiger partial charge >= 0.3 is 5.97 Å². The summed E-state index contributed by atoms with van der Waals surface area (Å²) < 4.78 is 26.4. The van der Waals surface area contributed by atoms with Crippen molar-refractivity contribution < 1.29 is 18.7 Å². The molecule has 0 bridgehead atoms. The fraction of sp³-hybridized carbons (Fsp3) is 0.778. The monoisotopic (exact) mass is 246 g/mol. The van der Waals surface area contributed by atoms with Crippen molar-refractivity contribution in [2.24, 2.45) is 0 Å². The number of carbonyl (C=O) groups is 1. The Labute approximate surface area is 95.6 Å². The lowest BCUT2D eigenvalue weighted by Gasteiger charge is -2.15. The number of tetrazole rings is 1. The smallest absolute Gasteiger partial charge is 0.324 e. The highest BCUT2D eigenvalue weighted by atomic mass is 19.3. The van der Waals surface area contributed by atoms with Gasteiger partial charge in [-0.15, -0.1) is 10.2 Å². The van der Waals surface area contributed by atoms with Crippen LogP contribution in [0.25, 0.3) is 0 Å². The van der Waals surface area contributed by atoms with Crippen LogP contribution in [-0.4, -0.2) is 37.2 Å². The summed E-state index contributed by atoms with van der Waals surface area (Å²) in [6.45, 7) is 5.28. The molecule has 8 heteroatoms. The van der Waals surface area contributed by atoms with Crippen molar-refractivity contribution in [2.45, 2.75) is 44.1 Å². The fourth-order valence-electron chi connectivity index (χ4n) is 1.53. The number of hydrogen-bond acceptors (Lipinski definition) is 4. The van der Waals surface area contributed by atoms with E-state index in [4.69, 9.17) is 5.11 Å². The Morgan fingerprint density at radius 1 is 1.47 bits per heavy atom. The zero-order valence-electron chi connectivity index (χ0n) is 9.61. The molecule has 0 saturated heterocycles. The van der Waals surface area contributed by atoms with E-state index < -0.39 is 35.1 Å². The van der Waals surface area contributed by atoms with Crippen molar-refractivity contribution >= 4 is 5.97 Å². The number of halogens is 2. The van der Waals surface area contributed by atoms with Crippen LogP contribution < -0.4 is 0 Å². The maximum atomic E-state index is 13.2. The van der Waals surface area contributed by atoms with Gasteiger partial charge in [0.2, 0.25) is 0 Å². The summed E-state index contributed by atoms with van der Waals surface area (Å²) in [5.41, 5.74) is -2.83. The van der Waals surface area contributed by atoms with Crippen LogP contribution in [-0.2, 0) is 15.7 Å². The van der Waals surface area contributed by atoms with Gasteiger partial charge in [0.15, 0.2) is 11.2 Å². The minimum absolute atomic E-state index is 0.426. The van der Waals surface area contributed by atoms with Crippen LogP contribution in [0.4, 0.5) is 8.78 Å². The Hall–Kier alpha value is -1.60. The van der Waals surface area contributed by atoms with Crippen molar-refractivity contribution in [3.05, 3.63) is 5.82 Å². The van der Waals surface area contributed by atoms with Crippen LogP contribution in [0, 0.1) is 0 Å². The van der Waals surface area contributed by atoms with Gasteiger partial charge in [-0.25, -0.2) is 8.78 Å². The number of rotatable bonds is 2. The molecule has 0 amide bonds. The van der Waals surface area contributed by atoms with E-state index in [1.54, 1.807) is 20.8 Å². The molecular formula is C9H12F2N4O2. The molecule has 1 fully saturated rings. The van der Waals surface area contributed by atoms with E-state index in [1.165, 1.54) is 0 Å². The second kappa shape index (κ2) is 2.99. The summed E-state index contributed by atoms with van der Waals surface area (Å²) in [6.07, 6.45) is -0.773. The fourth-order valence-corrected chi connectivity index (χ4v) is 1.53. The summed E-state index contributed by atoms with van der Waals surface area (Å²) in [6, 6.07) is 0. The summed E-state index contributed by atoms with van der Waals surface area (Å²) in [5.74, 6) is -5.34. The average Bonchev–Trinajstić information content (AvgIpc) is 2.61. The Morgan fingerprint density at radius 2 is 2.00 bits per heavy atom. The molecular weight excluding hydrogens is 234 g/mol. The van der Waals surface area contributed by atoms with Crippen LogP contribution in [0.3, 0.4) is 0 Å². The lowest BCUT2D eigenvalue weighted by Crippen LogP contribution is -2.30. The first-order valence-electron chi connectivity index (χ1n) is 5.03. The first kappa shape index (κ1) is 11.9. The van der Waals surface area contributed by atoms with Crippen LogP contribution in [0.15, 0.2) is 0 Å². The highest BCUT2D eigenvalue weighted by Crippen LogP contribution is 2.60. The van der Waals surface area contributed by atoms with Gasteiger partial charge in [0.25, 0.3) is 5.92 Å². The molecule has 1 aromatic heterocycles. The SMILES string of the molecule is CC(C)(C)n1nnc(C2(C(=O)O)CC2(F)F)n1. The molecule has 6 nitrogen and oxygen atoms in total. The Balaban J connectivity index is 2.42.